The predicted molar refractivity (Wildman–Crippen MR) is 81.6 cm³/mol. The van der Waals surface area contributed by atoms with Gasteiger partial charge in [-0.3, -0.25) is 4.98 Å². The molecule has 0 spiro atoms. The molecule has 2 nitrogen and oxygen atoms in total. The largest absolute Gasteiger partial charge is 0.316 e. The van der Waals surface area contributed by atoms with E-state index >= 15 is 0 Å². The van der Waals surface area contributed by atoms with Gasteiger partial charge in [0.25, 0.3) is 0 Å². The Labute approximate surface area is 122 Å². The van der Waals surface area contributed by atoms with E-state index in [2.05, 4.69) is 23.3 Å². The van der Waals surface area contributed by atoms with Gasteiger partial charge in [-0.2, -0.15) is 0 Å². The van der Waals surface area contributed by atoms with Crippen LogP contribution >= 0.6 is 11.6 Å². The van der Waals surface area contributed by atoms with E-state index in [0.29, 0.717) is 5.92 Å². The lowest BCUT2D eigenvalue weighted by Crippen LogP contribution is -2.29. The Morgan fingerprint density at radius 3 is 2.89 bits per heavy atom. The summed E-state index contributed by atoms with van der Waals surface area (Å²) in [5, 5.41) is 4.41. The van der Waals surface area contributed by atoms with Crippen molar-refractivity contribution in [3.8, 4) is 0 Å². The van der Waals surface area contributed by atoms with Crippen molar-refractivity contribution >= 4 is 11.6 Å². The molecule has 0 bridgehead atoms. The Kier molecular flexibility index (Phi) is 6.12. The maximum Gasteiger partial charge on any atom is 0.0621 e. The second-order valence-corrected chi connectivity index (χ2v) is 6.09. The Bertz CT molecular complexity index is 375. The molecule has 3 heteroatoms. The quantitative estimate of drug-likeness (QED) is 0.761. The summed E-state index contributed by atoms with van der Waals surface area (Å²) in [7, 11) is 0. The van der Waals surface area contributed by atoms with E-state index in [4.69, 9.17) is 11.6 Å². The lowest BCUT2D eigenvalue weighted by atomic mass is 9.85. The fraction of sp³-hybridized carbons (Fsp3) is 0.688. The van der Waals surface area contributed by atoms with Gasteiger partial charge in [0.05, 0.1) is 5.02 Å². The molecule has 1 aromatic rings. The molecule has 0 aromatic carbocycles. The van der Waals surface area contributed by atoms with Crippen molar-refractivity contribution in [2.45, 2.75) is 45.4 Å². The van der Waals surface area contributed by atoms with Crippen molar-refractivity contribution in [1.82, 2.24) is 10.3 Å². The van der Waals surface area contributed by atoms with E-state index < -0.39 is 0 Å². The molecule has 0 saturated heterocycles. The number of pyridine rings is 1. The van der Waals surface area contributed by atoms with E-state index in [-0.39, 0.29) is 0 Å². The first-order valence-electron chi connectivity index (χ1n) is 7.60. The maximum atomic E-state index is 6.25. The minimum atomic E-state index is 0.717. The van der Waals surface area contributed by atoms with Gasteiger partial charge in [-0.05, 0) is 49.4 Å². The molecule has 1 N–H and O–H groups in total. The van der Waals surface area contributed by atoms with Crippen LogP contribution in [0, 0.1) is 11.8 Å². The van der Waals surface area contributed by atoms with Crippen LogP contribution in [0.4, 0.5) is 0 Å². The second kappa shape index (κ2) is 7.86. The van der Waals surface area contributed by atoms with Crippen molar-refractivity contribution in [3.05, 3.63) is 29.0 Å². The summed E-state index contributed by atoms with van der Waals surface area (Å²) in [5.74, 6) is 1.59. The maximum absolute atomic E-state index is 6.25. The molecule has 0 amide bonds. The molecule has 106 valence electrons. The summed E-state index contributed by atoms with van der Waals surface area (Å²) in [4.78, 5) is 4.08. The van der Waals surface area contributed by atoms with Crippen LogP contribution < -0.4 is 5.32 Å². The number of aromatic nitrogens is 1. The molecule has 1 aromatic heterocycles. The first kappa shape index (κ1) is 14.8. The van der Waals surface area contributed by atoms with Gasteiger partial charge < -0.3 is 5.32 Å². The topological polar surface area (TPSA) is 24.9 Å². The standard InChI is InChI=1S/C16H25ClN2/c1-2-8-18-11-15(13-5-3-4-6-13)10-14-7-9-19-12-16(14)17/h7,9,12-13,15,18H,2-6,8,10-11H2,1H3. The zero-order valence-corrected chi connectivity index (χ0v) is 12.6. The Balaban J connectivity index is 1.98. The van der Waals surface area contributed by atoms with Gasteiger partial charge in [-0.25, -0.2) is 0 Å². The highest BCUT2D eigenvalue weighted by Gasteiger charge is 2.25. The van der Waals surface area contributed by atoms with Crippen molar-refractivity contribution in [1.29, 1.82) is 0 Å². The van der Waals surface area contributed by atoms with Crippen LogP contribution in [0.2, 0.25) is 5.02 Å². The van der Waals surface area contributed by atoms with Gasteiger partial charge in [-0.15, -0.1) is 0 Å². The van der Waals surface area contributed by atoms with Gasteiger partial charge in [0.15, 0.2) is 0 Å². The average molecular weight is 281 g/mol. The van der Waals surface area contributed by atoms with Gasteiger partial charge in [0.2, 0.25) is 0 Å². The van der Waals surface area contributed by atoms with Crippen molar-refractivity contribution in [2.24, 2.45) is 11.8 Å². The minimum Gasteiger partial charge on any atom is -0.316 e. The lowest BCUT2D eigenvalue weighted by molar-refractivity contribution is 0.321. The van der Waals surface area contributed by atoms with Crippen molar-refractivity contribution in [3.63, 3.8) is 0 Å². The summed E-state index contributed by atoms with van der Waals surface area (Å²) in [6.07, 6.45) is 11.5. The van der Waals surface area contributed by atoms with E-state index in [1.54, 1.807) is 6.20 Å². The van der Waals surface area contributed by atoms with Crippen LogP contribution in [0.15, 0.2) is 18.5 Å². The highest BCUT2D eigenvalue weighted by Crippen LogP contribution is 2.33. The Morgan fingerprint density at radius 2 is 2.21 bits per heavy atom. The Hall–Kier alpha value is -0.600. The van der Waals surface area contributed by atoms with Crippen LogP contribution in [-0.4, -0.2) is 18.1 Å². The normalized spacial score (nSPS) is 17.8. The fourth-order valence-corrected chi connectivity index (χ4v) is 3.35. The molecular weight excluding hydrogens is 256 g/mol. The zero-order chi connectivity index (χ0) is 13.5. The monoisotopic (exact) mass is 280 g/mol. The van der Waals surface area contributed by atoms with Crippen LogP contribution in [0.5, 0.6) is 0 Å². The molecule has 0 radical (unpaired) electrons. The first-order valence-corrected chi connectivity index (χ1v) is 7.98. The van der Waals surface area contributed by atoms with E-state index in [1.165, 1.54) is 37.7 Å². The van der Waals surface area contributed by atoms with Gasteiger partial charge >= 0.3 is 0 Å². The Morgan fingerprint density at radius 1 is 1.42 bits per heavy atom. The van der Waals surface area contributed by atoms with Gasteiger partial charge in [0, 0.05) is 12.4 Å². The summed E-state index contributed by atoms with van der Waals surface area (Å²) < 4.78 is 0. The highest BCUT2D eigenvalue weighted by molar-refractivity contribution is 6.31. The molecular formula is C16H25ClN2. The van der Waals surface area contributed by atoms with Crippen LogP contribution in [0.25, 0.3) is 0 Å². The zero-order valence-electron chi connectivity index (χ0n) is 11.9. The summed E-state index contributed by atoms with van der Waals surface area (Å²) in [5.41, 5.74) is 1.26. The molecule has 1 saturated carbocycles. The average Bonchev–Trinajstić information content (AvgIpc) is 2.94. The molecule has 0 aliphatic heterocycles. The second-order valence-electron chi connectivity index (χ2n) is 5.68. The van der Waals surface area contributed by atoms with Crippen LogP contribution in [-0.2, 0) is 6.42 Å². The van der Waals surface area contributed by atoms with Gasteiger partial charge in [-0.1, -0.05) is 44.2 Å². The third-order valence-electron chi connectivity index (χ3n) is 4.24. The predicted octanol–water partition coefficient (Wildman–Crippen LogP) is 4.08. The van der Waals surface area contributed by atoms with Crippen LogP contribution in [0.1, 0.15) is 44.6 Å². The van der Waals surface area contributed by atoms with E-state index in [1.807, 2.05) is 6.20 Å². The molecule has 19 heavy (non-hydrogen) atoms. The van der Waals surface area contributed by atoms with Crippen molar-refractivity contribution in [2.75, 3.05) is 13.1 Å². The molecule has 1 atom stereocenters. The molecule has 1 aliphatic rings. The smallest absolute Gasteiger partial charge is 0.0621 e. The SMILES string of the molecule is CCCNCC(Cc1ccncc1Cl)C1CCCC1. The first-order chi connectivity index (χ1) is 9.31. The number of nitrogens with one attached hydrogen (secondary N) is 1. The molecule has 2 rings (SSSR count). The minimum absolute atomic E-state index is 0.717. The number of nitrogens with zero attached hydrogens (tertiary/aromatic N) is 1. The molecule has 1 fully saturated rings. The van der Waals surface area contributed by atoms with Gasteiger partial charge in [0.1, 0.15) is 0 Å². The third kappa shape index (κ3) is 4.47. The molecule has 1 unspecified atom stereocenters. The van der Waals surface area contributed by atoms with E-state index in [9.17, 15) is 0 Å². The lowest BCUT2D eigenvalue weighted by Gasteiger charge is -2.24. The number of rotatable bonds is 7. The van der Waals surface area contributed by atoms with Crippen molar-refractivity contribution < 1.29 is 0 Å². The van der Waals surface area contributed by atoms with Crippen LogP contribution in [0.3, 0.4) is 0 Å². The highest BCUT2D eigenvalue weighted by atomic mass is 35.5. The summed E-state index contributed by atoms with van der Waals surface area (Å²) >= 11 is 6.25. The number of halogens is 1. The number of hydrogen-bond donors (Lipinski definition) is 1. The third-order valence-corrected chi connectivity index (χ3v) is 4.58. The molecule has 1 aliphatic carbocycles. The fourth-order valence-electron chi connectivity index (χ4n) is 3.15. The molecule has 1 heterocycles. The van der Waals surface area contributed by atoms with E-state index in [0.717, 1.165) is 30.5 Å². The summed E-state index contributed by atoms with van der Waals surface area (Å²) in [6.45, 7) is 4.46. The summed E-state index contributed by atoms with van der Waals surface area (Å²) in [6, 6.07) is 2.07. The number of hydrogen-bond acceptors (Lipinski definition) is 2.